The highest BCUT2D eigenvalue weighted by atomic mass is 16.5. The third kappa shape index (κ3) is 10.2. The lowest BCUT2D eigenvalue weighted by atomic mass is 9.96. The van der Waals surface area contributed by atoms with Crippen molar-refractivity contribution < 1.29 is 29.0 Å². The Kier molecular flexibility index (Phi) is 11.1. The normalized spacial score (nSPS) is 21.3. The minimum atomic E-state index is -0.825. The van der Waals surface area contributed by atoms with Gasteiger partial charge in [-0.2, -0.15) is 0 Å². The number of aliphatic hydroxyl groups excluding tert-OH is 1. The van der Waals surface area contributed by atoms with Crippen LogP contribution in [0.4, 0.5) is 0 Å². The quantitative estimate of drug-likeness (QED) is 0.284. The number of ether oxygens (including phenoxy) is 2. The van der Waals surface area contributed by atoms with Crippen molar-refractivity contribution in [1.82, 2.24) is 10.6 Å². The van der Waals surface area contributed by atoms with Gasteiger partial charge < -0.3 is 30.9 Å². The zero-order valence-corrected chi connectivity index (χ0v) is 22.6. The molecule has 2 aromatic carbocycles. The summed E-state index contributed by atoms with van der Waals surface area (Å²) < 4.78 is 11.1. The maximum Gasteiger partial charge on any atom is 0.323 e. The number of cyclic esters (lactones) is 1. The number of carbonyl (C=O) groups excluding carboxylic acids is 3. The topological polar surface area (TPSA) is 140 Å². The van der Waals surface area contributed by atoms with Crippen LogP contribution < -0.4 is 21.1 Å². The second kappa shape index (κ2) is 14.5. The van der Waals surface area contributed by atoms with E-state index in [9.17, 15) is 19.5 Å². The number of aliphatic hydroxyl groups is 1. The molecule has 0 saturated heterocycles. The van der Waals surface area contributed by atoms with E-state index in [1.54, 1.807) is 26.0 Å². The Labute approximate surface area is 229 Å². The van der Waals surface area contributed by atoms with Gasteiger partial charge in [-0.15, -0.1) is 0 Å². The molecule has 9 heteroatoms. The molecule has 1 unspecified atom stereocenters. The fourth-order valence-corrected chi connectivity index (χ4v) is 4.13. The number of nitrogens with one attached hydrogen (secondary N) is 2. The lowest BCUT2D eigenvalue weighted by Crippen LogP contribution is -2.51. The van der Waals surface area contributed by atoms with Gasteiger partial charge in [0.2, 0.25) is 11.8 Å². The molecule has 5 N–H and O–H groups in total. The van der Waals surface area contributed by atoms with E-state index >= 15 is 0 Å². The number of carbonyl (C=O) groups is 3. The average Bonchev–Trinajstić information content (AvgIpc) is 2.92. The minimum absolute atomic E-state index is 0.0312. The first-order valence-electron chi connectivity index (χ1n) is 13.2. The highest BCUT2D eigenvalue weighted by Gasteiger charge is 2.30. The highest BCUT2D eigenvalue weighted by molar-refractivity contribution is 5.86. The summed E-state index contributed by atoms with van der Waals surface area (Å²) in [5.74, 6) is -1.08. The van der Waals surface area contributed by atoms with Crippen molar-refractivity contribution in [3.8, 4) is 5.75 Å². The van der Waals surface area contributed by atoms with Crippen LogP contribution in [0, 0.1) is 5.92 Å². The minimum Gasteiger partial charge on any atom is -0.489 e. The third-order valence-corrected chi connectivity index (χ3v) is 6.36. The van der Waals surface area contributed by atoms with Crippen LogP contribution in [0.15, 0.2) is 66.7 Å². The van der Waals surface area contributed by atoms with Crippen molar-refractivity contribution in [1.29, 1.82) is 0 Å². The van der Waals surface area contributed by atoms with Crippen molar-refractivity contribution >= 4 is 17.8 Å². The van der Waals surface area contributed by atoms with Gasteiger partial charge in [-0.25, -0.2) is 0 Å². The van der Waals surface area contributed by atoms with Crippen LogP contribution in [0.1, 0.15) is 44.2 Å². The molecular formula is C30H39N3O6. The summed E-state index contributed by atoms with van der Waals surface area (Å²) in [7, 11) is 0. The van der Waals surface area contributed by atoms with Crippen molar-refractivity contribution in [3.05, 3.63) is 77.9 Å². The van der Waals surface area contributed by atoms with Gasteiger partial charge in [0.05, 0.1) is 24.1 Å². The summed E-state index contributed by atoms with van der Waals surface area (Å²) in [4.78, 5) is 37.9. The molecule has 0 radical (unpaired) electrons. The van der Waals surface area contributed by atoms with Gasteiger partial charge in [-0.1, -0.05) is 54.6 Å². The molecule has 1 aliphatic rings. The van der Waals surface area contributed by atoms with Gasteiger partial charge in [0.15, 0.2) is 0 Å². The maximum atomic E-state index is 13.0. The summed E-state index contributed by atoms with van der Waals surface area (Å²) >= 11 is 0. The predicted octanol–water partition coefficient (Wildman–Crippen LogP) is 2.41. The van der Waals surface area contributed by atoms with E-state index in [2.05, 4.69) is 10.6 Å². The van der Waals surface area contributed by atoms with Gasteiger partial charge in [-0.3, -0.25) is 14.4 Å². The van der Waals surface area contributed by atoms with E-state index in [0.717, 1.165) is 16.9 Å². The van der Waals surface area contributed by atoms with Gasteiger partial charge in [0, 0.05) is 6.42 Å². The number of esters is 1. The van der Waals surface area contributed by atoms with Crippen molar-refractivity contribution in [2.24, 2.45) is 11.7 Å². The Morgan fingerprint density at radius 3 is 2.49 bits per heavy atom. The molecule has 2 amide bonds. The Morgan fingerprint density at radius 2 is 1.79 bits per heavy atom. The molecule has 0 aliphatic carbocycles. The van der Waals surface area contributed by atoms with Crippen molar-refractivity contribution in [2.75, 3.05) is 13.2 Å². The SMILES string of the molecule is CC1(C)COC(=O)[C@H](N)C/C=C\C[C@H](CC(=O)NC(CO)Cc2ccc(OCc3ccccc3)cc2)C(=O)N1. The number of hydrogen-bond acceptors (Lipinski definition) is 7. The van der Waals surface area contributed by atoms with Crippen LogP contribution in [0.25, 0.3) is 0 Å². The van der Waals surface area contributed by atoms with E-state index in [1.807, 2.05) is 54.6 Å². The number of hydrogen-bond donors (Lipinski definition) is 4. The number of benzene rings is 2. The molecule has 2 aromatic rings. The van der Waals surface area contributed by atoms with E-state index in [0.29, 0.717) is 19.4 Å². The maximum absolute atomic E-state index is 13.0. The van der Waals surface area contributed by atoms with E-state index in [1.165, 1.54) is 0 Å². The zero-order chi connectivity index (χ0) is 28.3. The molecule has 0 saturated carbocycles. The summed E-state index contributed by atoms with van der Waals surface area (Å²) in [5.41, 5.74) is 7.04. The summed E-state index contributed by atoms with van der Waals surface area (Å²) in [6, 6.07) is 16.1. The molecule has 210 valence electrons. The Bertz CT molecular complexity index is 1120. The second-order valence-corrected chi connectivity index (χ2v) is 10.5. The molecule has 0 aromatic heterocycles. The van der Waals surface area contributed by atoms with Gasteiger partial charge in [0.25, 0.3) is 0 Å². The second-order valence-electron chi connectivity index (χ2n) is 10.5. The van der Waals surface area contributed by atoms with E-state index in [-0.39, 0.29) is 37.9 Å². The Morgan fingerprint density at radius 1 is 1.10 bits per heavy atom. The monoisotopic (exact) mass is 537 g/mol. The number of allylic oxidation sites excluding steroid dienone is 1. The molecule has 9 nitrogen and oxygen atoms in total. The first-order valence-corrected chi connectivity index (χ1v) is 13.2. The van der Waals surface area contributed by atoms with Crippen molar-refractivity contribution in [3.63, 3.8) is 0 Å². The Hall–Kier alpha value is -3.69. The van der Waals surface area contributed by atoms with Crippen LogP contribution >= 0.6 is 0 Å². The first kappa shape index (κ1) is 29.9. The van der Waals surface area contributed by atoms with Gasteiger partial charge in [-0.05, 0) is 56.4 Å². The number of nitrogens with two attached hydrogens (primary N) is 1. The van der Waals surface area contributed by atoms with Crippen LogP contribution in [-0.4, -0.2) is 53.7 Å². The highest BCUT2D eigenvalue weighted by Crippen LogP contribution is 2.17. The third-order valence-electron chi connectivity index (χ3n) is 6.36. The fourth-order valence-electron chi connectivity index (χ4n) is 4.13. The van der Waals surface area contributed by atoms with Crippen LogP contribution in [0.5, 0.6) is 5.75 Å². The smallest absolute Gasteiger partial charge is 0.323 e. The molecule has 3 atom stereocenters. The van der Waals surface area contributed by atoms with E-state index in [4.69, 9.17) is 15.2 Å². The Balaban J connectivity index is 1.56. The van der Waals surface area contributed by atoms with E-state index < -0.39 is 29.5 Å². The van der Waals surface area contributed by atoms with Crippen LogP contribution in [-0.2, 0) is 32.1 Å². The van der Waals surface area contributed by atoms with Crippen LogP contribution in [0.3, 0.4) is 0 Å². The molecular weight excluding hydrogens is 498 g/mol. The van der Waals surface area contributed by atoms with Crippen LogP contribution in [0.2, 0.25) is 0 Å². The fraction of sp³-hybridized carbons (Fsp3) is 0.433. The molecule has 3 rings (SSSR count). The lowest BCUT2D eigenvalue weighted by Gasteiger charge is -2.29. The number of amides is 2. The molecule has 1 aliphatic heterocycles. The van der Waals surface area contributed by atoms with Crippen molar-refractivity contribution in [2.45, 2.75) is 63.8 Å². The number of rotatable bonds is 9. The largest absolute Gasteiger partial charge is 0.489 e. The first-order chi connectivity index (χ1) is 18.6. The predicted molar refractivity (Wildman–Crippen MR) is 148 cm³/mol. The molecule has 39 heavy (non-hydrogen) atoms. The van der Waals surface area contributed by atoms with Gasteiger partial charge >= 0.3 is 5.97 Å². The molecule has 0 bridgehead atoms. The average molecular weight is 538 g/mol. The summed E-state index contributed by atoms with van der Waals surface area (Å²) in [6.45, 7) is 3.67. The zero-order valence-electron chi connectivity index (χ0n) is 22.6. The summed E-state index contributed by atoms with van der Waals surface area (Å²) in [6.07, 6.45) is 4.44. The summed E-state index contributed by atoms with van der Waals surface area (Å²) in [5, 5.41) is 15.6. The lowest BCUT2D eigenvalue weighted by molar-refractivity contribution is -0.148. The molecule has 0 spiro atoms. The van der Waals surface area contributed by atoms with Gasteiger partial charge in [0.1, 0.15) is 25.0 Å². The molecule has 1 heterocycles. The molecule has 0 fully saturated rings. The standard InChI is InChI=1S/C30H39N3O6/c1-30(2)20-39-29(37)26(31)11-7-6-10-23(28(36)33-30)17-27(35)32-24(18-34)16-21-12-14-25(15-13-21)38-19-22-8-4-3-5-9-22/h3-9,12-15,23-24,26,34H,10-11,16-20,31H2,1-2H3,(H,32,35)(H,33,36)/b7-6-/t23-,24?,26-/m1/s1.